The third-order valence-electron chi connectivity index (χ3n) is 3.46. The lowest BCUT2D eigenvalue weighted by Gasteiger charge is -2.21. The Balaban J connectivity index is 2.05. The number of rotatable bonds is 4. The second-order valence-corrected chi connectivity index (χ2v) is 7.32. The first-order chi connectivity index (χ1) is 8.96. The van der Waals surface area contributed by atoms with Gasteiger partial charge >= 0.3 is 0 Å². The third kappa shape index (κ3) is 4.28. The van der Waals surface area contributed by atoms with Crippen LogP contribution in [-0.2, 0) is 10.0 Å². The second-order valence-electron chi connectivity index (χ2n) is 5.12. The highest BCUT2D eigenvalue weighted by molar-refractivity contribution is 7.92. The number of hydrogen-bond donors (Lipinski definition) is 2. The minimum atomic E-state index is -3.36. The molecule has 0 saturated heterocycles. The Bertz CT molecular complexity index is 540. The van der Waals surface area contributed by atoms with Crippen molar-refractivity contribution in [3.63, 3.8) is 0 Å². The van der Waals surface area contributed by atoms with E-state index in [-0.39, 0.29) is 11.7 Å². The molecule has 0 aromatic heterocycles. The van der Waals surface area contributed by atoms with Gasteiger partial charge in [0.15, 0.2) is 0 Å². The molecule has 0 bridgehead atoms. The van der Waals surface area contributed by atoms with Gasteiger partial charge in [0.2, 0.25) is 10.0 Å². The highest BCUT2D eigenvalue weighted by Crippen LogP contribution is 2.27. The van der Waals surface area contributed by atoms with Gasteiger partial charge in [0.1, 0.15) is 0 Å². The van der Waals surface area contributed by atoms with Gasteiger partial charge in [0.05, 0.1) is 17.1 Å². The zero-order valence-corrected chi connectivity index (χ0v) is 12.3. The first-order valence-electron chi connectivity index (χ1n) is 6.52. The van der Waals surface area contributed by atoms with E-state index in [2.05, 4.69) is 4.72 Å². The topological polar surface area (TPSA) is 72.2 Å². The van der Waals surface area contributed by atoms with Crippen molar-refractivity contribution in [2.45, 2.75) is 32.1 Å². The largest absolute Gasteiger partial charge is 0.397 e. The number of halogens is 1. The molecule has 1 fully saturated rings. The van der Waals surface area contributed by atoms with Crippen LogP contribution in [0.4, 0.5) is 11.4 Å². The van der Waals surface area contributed by atoms with Crippen molar-refractivity contribution in [1.29, 1.82) is 0 Å². The molecule has 1 aliphatic rings. The van der Waals surface area contributed by atoms with Crippen molar-refractivity contribution in [2.75, 3.05) is 16.2 Å². The monoisotopic (exact) mass is 302 g/mol. The molecular weight excluding hydrogens is 284 g/mol. The summed E-state index contributed by atoms with van der Waals surface area (Å²) in [7, 11) is -3.36. The Morgan fingerprint density at radius 2 is 1.95 bits per heavy atom. The van der Waals surface area contributed by atoms with Crippen LogP contribution < -0.4 is 10.5 Å². The van der Waals surface area contributed by atoms with Gasteiger partial charge in [-0.25, -0.2) is 8.42 Å². The highest BCUT2D eigenvalue weighted by Gasteiger charge is 2.21. The predicted octanol–water partition coefficient (Wildman–Crippen LogP) is 3.24. The first kappa shape index (κ1) is 14.5. The maximum atomic E-state index is 12.1. The quantitative estimate of drug-likeness (QED) is 0.839. The van der Waals surface area contributed by atoms with Crippen molar-refractivity contribution in [3.05, 3.63) is 23.2 Å². The van der Waals surface area contributed by atoms with E-state index in [1.165, 1.54) is 12.5 Å². The van der Waals surface area contributed by atoms with Crippen LogP contribution in [0.2, 0.25) is 5.02 Å². The molecule has 0 atom stereocenters. The lowest BCUT2D eigenvalue weighted by atomic mass is 9.91. The van der Waals surface area contributed by atoms with Gasteiger partial charge in [-0.1, -0.05) is 30.9 Å². The van der Waals surface area contributed by atoms with Crippen LogP contribution in [0.5, 0.6) is 0 Å². The number of nitrogens with two attached hydrogens (primary N) is 1. The molecule has 1 aliphatic carbocycles. The molecule has 1 saturated carbocycles. The molecular formula is C13H19ClN2O2S. The Morgan fingerprint density at radius 1 is 1.26 bits per heavy atom. The summed E-state index contributed by atoms with van der Waals surface area (Å²) in [5.41, 5.74) is 6.49. The summed E-state index contributed by atoms with van der Waals surface area (Å²) in [6.45, 7) is 0. The first-order valence-corrected chi connectivity index (χ1v) is 8.55. The van der Waals surface area contributed by atoms with Crippen LogP contribution in [-0.4, -0.2) is 14.2 Å². The van der Waals surface area contributed by atoms with Crippen molar-refractivity contribution in [1.82, 2.24) is 0 Å². The normalized spacial score (nSPS) is 17.3. The van der Waals surface area contributed by atoms with Crippen molar-refractivity contribution < 1.29 is 8.42 Å². The summed E-state index contributed by atoms with van der Waals surface area (Å²) in [5.74, 6) is 0.422. The van der Waals surface area contributed by atoms with Gasteiger partial charge in [-0.3, -0.25) is 4.72 Å². The third-order valence-corrected chi connectivity index (χ3v) is 5.14. The average molecular weight is 303 g/mol. The Morgan fingerprint density at radius 3 is 2.63 bits per heavy atom. The van der Waals surface area contributed by atoms with Crippen molar-refractivity contribution in [2.24, 2.45) is 5.92 Å². The predicted molar refractivity (Wildman–Crippen MR) is 79.8 cm³/mol. The van der Waals surface area contributed by atoms with Gasteiger partial charge in [0, 0.05) is 5.02 Å². The molecule has 1 aromatic rings. The summed E-state index contributed by atoms with van der Waals surface area (Å²) >= 11 is 5.85. The molecule has 2 rings (SSSR count). The molecule has 4 nitrogen and oxygen atoms in total. The summed E-state index contributed by atoms with van der Waals surface area (Å²) in [4.78, 5) is 0. The van der Waals surface area contributed by atoms with Gasteiger partial charge in [0.25, 0.3) is 0 Å². The second kappa shape index (κ2) is 6.01. The van der Waals surface area contributed by atoms with E-state index in [1.54, 1.807) is 12.1 Å². The van der Waals surface area contributed by atoms with E-state index in [1.807, 2.05) is 0 Å². The minimum absolute atomic E-state index is 0.166. The van der Waals surface area contributed by atoms with E-state index in [0.717, 1.165) is 25.7 Å². The molecule has 0 heterocycles. The Hall–Kier alpha value is -0.940. The number of benzene rings is 1. The number of nitrogen functional groups attached to an aromatic ring is 1. The van der Waals surface area contributed by atoms with Crippen LogP contribution >= 0.6 is 11.6 Å². The zero-order valence-electron chi connectivity index (χ0n) is 10.7. The molecule has 6 heteroatoms. The van der Waals surface area contributed by atoms with E-state index >= 15 is 0 Å². The fourth-order valence-electron chi connectivity index (χ4n) is 2.49. The number of hydrogen-bond acceptors (Lipinski definition) is 3. The van der Waals surface area contributed by atoms with Gasteiger partial charge < -0.3 is 5.73 Å². The Labute approximate surface area is 119 Å². The molecule has 0 radical (unpaired) electrons. The lowest BCUT2D eigenvalue weighted by molar-refractivity contribution is 0.385. The summed E-state index contributed by atoms with van der Waals surface area (Å²) in [5, 5.41) is 0.463. The number of nitrogens with one attached hydrogen (secondary N) is 1. The van der Waals surface area contributed by atoms with Crippen LogP contribution in [0.15, 0.2) is 18.2 Å². The summed E-state index contributed by atoms with van der Waals surface area (Å²) in [6, 6.07) is 4.77. The van der Waals surface area contributed by atoms with E-state index in [4.69, 9.17) is 17.3 Å². The molecule has 106 valence electrons. The average Bonchev–Trinajstić information content (AvgIpc) is 2.34. The van der Waals surface area contributed by atoms with Crippen LogP contribution in [0, 0.1) is 5.92 Å². The standard InChI is InChI=1S/C13H19ClN2O2S/c14-11-6-7-12(15)13(8-11)16-19(17,18)9-10-4-2-1-3-5-10/h6-8,10,16H,1-5,9,15H2. The molecule has 0 unspecified atom stereocenters. The number of anilines is 2. The summed E-state index contributed by atoms with van der Waals surface area (Å²) < 4.78 is 26.8. The zero-order chi connectivity index (χ0) is 13.9. The van der Waals surface area contributed by atoms with Crippen LogP contribution in [0.25, 0.3) is 0 Å². The lowest BCUT2D eigenvalue weighted by Crippen LogP contribution is -2.24. The van der Waals surface area contributed by atoms with E-state index in [9.17, 15) is 8.42 Å². The fourth-order valence-corrected chi connectivity index (χ4v) is 4.21. The molecule has 1 aromatic carbocycles. The van der Waals surface area contributed by atoms with Gasteiger partial charge in [-0.05, 0) is 37.0 Å². The smallest absolute Gasteiger partial charge is 0.233 e. The maximum Gasteiger partial charge on any atom is 0.233 e. The fraction of sp³-hybridized carbons (Fsp3) is 0.538. The van der Waals surface area contributed by atoms with Crippen molar-refractivity contribution >= 4 is 33.0 Å². The van der Waals surface area contributed by atoms with E-state index in [0.29, 0.717) is 16.4 Å². The minimum Gasteiger partial charge on any atom is -0.397 e. The molecule has 0 aliphatic heterocycles. The SMILES string of the molecule is Nc1ccc(Cl)cc1NS(=O)(=O)CC1CCCCC1. The Kier molecular flexibility index (Phi) is 4.58. The van der Waals surface area contributed by atoms with Crippen molar-refractivity contribution in [3.8, 4) is 0 Å². The molecule has 0 spiro atoms. The van der Waals surface area contributed by atoms with Gasteiger partial charge in [-0.2, -0.15) is 0 Å². The van der Waals surface area contributed by atoms with E-state index < -0.39 is 10.0 Å². The van der Waals surface area contributed by atoms with Gasteiger partial charge in [-0.15, -0.1) is 0 Å². The summed E-state index contributed by atoms with van der Waals surface area (Å²) in [6.07, 6.45) is 5.45. The number of sulfonamides is 1. The maximum absolute atomic E-state index is 12.1. The molecule has 0 amide bonds. The molecule has 3 N–H and O–H groups in total. The van der Waals surface area contributed by atoms with Crippen LogP contribution in [0.1, 0.15) is 32.1 Å². The highest BCUT2D eigenvalue weighted by atomic mass is 35.5. The van der Waals surface area contributed by atoms with Crippen LogP contribution in [0.3, 0.4) is 0 Å². The molecule has 19 heavy (non-hydrogen) atoms.